The predicted octanol–water partition coefficient (Wildman–Crippen LogP) is 2.31. The maximum absolute atomic E-state index is 10.2. The monoisotopic (exact) mass is 175 g/mol. The van der Waals surface area contributed by atoms with E-state index in [2.05, 4.69) is 5.32 Å². The van der Waals surface area contributed by atoms with E-state index in [1.165, 1.54) is 0 Å². The zero-order valence-corrected chi connectivity index (χ0v) is 7.20. The Morgan fingerprint density at radius 3 is 3.00 bits per heavy atom. The molecule has 1 aromatic heterocycles. The Morgan fingerprint density at radius 2 is 2.23 bits per heavy atom. The van der Waals surface area contributed by atoms with E-state index in [1.807, 2.05) is 25.1 Å². The van der Waals surface area contributed by atoms with Crippen LogP contribution in [-0.2, 0) is 4.79 Å². The first-order valence-electron chi connectivity index (χ1n) is 4.00. The van der Waals surface area contributed by atoms with Gasteiger partial charge >= 0.3 is 0 Å². The average Bonchev–Trinajstić information content (AvgIpc) is 2.44. The molecule has 13 heavy (non-hydrogen) atoms. The molecule has 0 aliphatic rings. The molecule has 1 amide bonds. The standard InChI is InChI=1S/C10H9NO2/c1-7-4-8-5-9(11-6-12)2-3-10(8)13-7/h2-6H,1H3,(H,11,12). The van der Waals surface area contributed by atoms with Crippen LogP contribution in [-0.4, -0.2) is 6.41 Å². The van der Waals surface area contributed by atoms with Gasteiger partial charge in [0.15, 0.2) is 0 Å². The maximum Gasteiger partial charge on any atom is 0.211 e. The fourth-order valence-corrected chi connectivity index (χ4v) is 1.33. The molecule has 0 aliphatic heterocycles. The summed E-state index contributed by atoms with van der Waals surface area (Å²) in [5.74, 6) is 0.873. The van der Waals surface area contributed by atoms with Crippen LogP contribution >= 0.6 is 0 Å². The number of amides is 1. The van der Waals surface area contributed by atoms with Crippen molar-refractivity contribution in [3.05, 3.63) is 30.0 Å². The number of aryl methyl sites for hydroxylation is 1. The summed E-state index contributed by atoms with van der Waals surface area (Å²) in [6.07, 6.45) is 0.661. The van der Waals surface area contributed by atoms with Gasteiger partial charge in [-0.3, -0.25) is 4.79 Å². The molecule has 0 saturated carbocycles. The summed E-state index contributed by atoms with van der Waals surface area (Å²) in [6.45, 7) is 1.90. The Hall–Kier alpha value is -1.77. The quantitative estimate of drug-likeness (QED) is 0.711. The van der Waals surface area contributed by atoms with E-state index in [-0.39, 0.29) is 0 Å². The molecule has 0 aliphatic carbocycles. The largest absolute Gasteiger partial charge is 0.461 e. The highest BCUT2D eigenvalue weighted by Crippen LogP contribution is 2.22. The van der Waals surface area contributed by atoms with Gasteiger partial charge in [-0.05, 0) is 31.2 Å². The molecule has 66 valence electrons. The third kappa shape index (κ3) is 1.40. The molecule has 1 N–H and O–H groups in total. The minimum absolute atomic E-state index is 0.661. The van der Waals surface area contributed by atoms with Gasteiger partial charge in [0.2, 0.25) is 6.41 Å². The highest BCUT2D eigenvalue weighted by Gasteiger charge is 2.00. The maximum atomic E-state index is 10.2. The van der Waals surface area contributed by atoms with E-state index in [0.29, 0.717) is 6.41 Å². The van der Waals surface area contributed by atoms with Gasteiger partial charge in [-0.15, -0.1) is 0 Å². The molecule has 0 unspecified atom stereocenters. The number of hydrogen-bond acceptors (Lipinski definition) is 2. The zero-order valence-electron chi connectivity index (χ0n) is 7.20. The van der Waals surface area contributed by atoms with E-state index >= 15 is 0 Å². The number of carbonyl (C=O) groups is 1. The van der Waals surface area contributed by atoms with Crippen molar-refractivity contribution < 1.29 is 9.21 Å². The summed E-state index contributed by atoms with van der Waals surface area (Å²) in [5.41, 5.74) is 1.62. The van der Waals surface area contributed by atoms with E-state index < -0.39 is 0 Å². The number of fused-ring (bicyclic) bond motifs is 1. The third-order valence-electron chi connectivity index (χ3n) is 1.87. The number of rotatable bonds is 2. The van der Waals surface area contributed by atoms with Crippen molar-refractivity contribution in [2.75, 3.05) is 5.32 Å². The van der Waals surface area contributed by atoms with Crippen molar-refractivity contribution in [3.63, 3.8) is 0 Å². The molecule has 0 atom stereocenters. The lowest BCUT2D eigenvalue weighted by molar-refractivity contribution is -0.105. The first kappa shape index (κ1) is 7.86. The van der Waals surface area contributed by atoms with Crippen LogP contribution < -0.4 is 5.32 Å². The lowest BCUT2D eigenvalue weighted by atomic mass is 10.2. The Bertz CT molecular complexity index is 445. The van der Waals surface area contributed by atoms with Crippen LogP contribution in [0.4, 0.5) is 5.69 Å². The molecular weight excluding hydrogens is 166 g/mol. The molecule has 3 heteroatoms. The molecule has 1 aromatic carbocycles. The highest BCUT2D eigenvalue weighted by atomic mass is 16.3. The Labute approximate surface area is 75.3 Å². The minimum Gasteiger partial charge on any atom is -0.461 e. The normalized spacial score (nSPS) is 10.2. The van der Waals surface area contributed by atoms with Crippen molar-refractivity contribution in [2.45, 2.75) is 6.92 Å². The number of benzene rings is 1. The first-order valence-corrected chi connectivity index (χ1v) is 4.00. The second-order valence-corrected chi connectivity index (χ2v) is 2.87. The summed E-state index contributed by atoms with van der Waals surface area (Å²) >= 11 is 0. The van der Waals surface area contributed by atoms with Crippen molar-refractivity contribution in [1.82, 2.24) is 0 Å². The lowest BCUT2D eigenvalue weighted by Crippen LogP contribution is -1.92. The number of nitrogens with one attached hydrogen (secondary N) is 1. The summed E-state index contributed by atoms with van der Waals surface area (Å²) < 4.78 is 5.38. The van der Waals surface area contributed by atoms with E-state index in [1.54, 1.807) is 6.07 Å². The molecular formula is C10H9NO2. The van der Waals surface area contributed by atoms with Crippen molar-refractivity contribution >= 4 is 23.1 Å². The summed E-state index contributed by atoms with van der Waals surface area (Å²) in [4.78, 5) is 10.2. The first-order chi connectivity index (χ1) is 6.29. The van der Waals surface area contributed by atoms with E-state index in [9.17, 15) is 4.79 Å². The van der Waals surface area contributed by atoms with Crippen LogP contribution in [0.3, 0.4) is 0 Å². The second kappa shape index (κ2) is 2.94. The van der Waals surface area contributed by atoms with E-state index in [0.717, 1.165) is 22.4 Å². The van der Waals surface area contributed by atoms with Gasteiger partial charge in [0.05, 0.1) is 0 Å². The predicted molar refractivity (Wildman–Crippen MR) is 50.6 cm³/mol. The third-order valence-corrected chi connectivity index (χ3v) is 1.87. The van der Waals surface area contributed by atoms with Gasteiger partial charge in [-0.1, -0.05) is 0 Å². The average molecular weight is 175 g/mol. The SMILES string of the molecule is Cc1cc2cc(NC=O)ccc2o1. The molecule has 0 saturated heterocycles. The molecule has 0 spiro atoms. The molecule has 0 bridgehead atoms. The summed E-state index contributed by atoms with van der Waals surface area (Å²) in [5, 5.41) is 3.59. The highest BCUT2D eigenvalue weighted by molar-refractivity contribution is 5.84. The van der Waals surface area contributed by atoms with Gasteiger partial charge in [0.1, 0.15) is 11.3 Å². The lowest BCUT2D eigenvalue weighted by Gasteiger charge is -1.96. The number of anilines is 1. The van der Waals surface area contributed by atoms with Crippen LogP contribution in [0.5, 0.6) is 0 Å². The minimum atomic E-state index is 0.661. The Morgan fingerprint density at radius 1 is 1.38 bits per heavy atom. The fraction of sp³-hybridized carbons (Fsp3) is 0.100. The number of furan rings is 1. The van der Waals surface area contributed by atoms with Crippen LogP contribution in [0.25, 0.3) is 11.0 Å². The van der Waals surface area contributed by atoms with Crippen LogP contribution in [0.1, 0.15) is 5.76 Å². The summed E-state index contributed by atoms with van der Waals surface area (Å²) in [6, 6.07) is 7.46. The van der Waals surface area contributed by atoms with Crippen LogP contribution in [0.15, 0.2) is 28.7 Å². The molecule has 1 heterocycles. The van der Waals surface area contributed by atoms with Crippen LogP contribution in [0, 0.1) is 6.92 Å². The van der Waals surface area contributed by atoms with Crippen LogP contribution in [0.2, 0.25) is 0 Å². The number of hydrogen-bond donors (Lipinski definition) is 1. The zero-order chi connectivity index (χ0) is 9.26. The van der Waals surface area contributed by atoms with Gasteiger partial charge in [0, 0.05) is 11.1 Å². The summed E-state index contributed by atoms with van der Waals surface area (Å²) in [7, 11) is 0. The van der Waals surface area contributed by atoms with Gasteiger partial charge in [-0.2, -0.15) is 0 Å². The van der Waals surface area contributed by atoms with Crippen molar-refractivity contribution in [1.29, 1.82) is 0 Å². The van der Waals surface area contributed by atoms with Gasteiger partial charge in [0.25, 0.3) is 0 Å². The van der Waals surface area contributed by atoms with Crippen molar-refractivity contribution in [2.24, 2.45) is 0 Å². The molecule has 2 aromatic rings. The fourth-order valence-electron chi connectivity index (χ4n) is 1.33. The molecule has 2 rings (SSSR count). The van der Waals surface area contributed by atoms with Crippen molar-refractivity contribution in [3.8, 4) is 0 Å². The second-order valence-electron chi connectivity index (χ2n) is 2.87. The molecule has 0 fully saturated rings. The number of carbonyl (C=O) groups excluding carboxylic acids is 1. The van der Waals surface area contributed by atoms with E-state index in [4.69, 9.17) is 4.42 Å². The molecule has 3 nitrogen and oxygen atoms in total. The smallest absolute Gasteiger partial charge is 0.211 e. The Kier molecular flexibility index (Phi) is 1.77. The van der Waals surface area contributed by atoms with Gasteiger partial charge in [-0.25, -0.2) is 0 Å². The molecule has 0 radical (unpaired) electrons. The topological polar surface area (TPSA) is 42.2 Å². The van der Waals surface area contributed by atoms with Gasteiger partial charge < -0.3 is 9.73 Å². The Balaban J connectivity index is 2.54.